The van der Waals surface area contributed by atoms with E-state index in [9.17, 15) is 4.39 Å². The zero-order valence-corrected chi connectivity index (χ0v) is 9.67. The van der Waals surface area contributed by atoms with Crippen LogP contribution < -0.4 is 10.5 Å². The maximum atomic E-state index is 13.0. The van der Waals surface area contributed by atoms with E-state index < -0.39 is 0 Å². The Hall–Kier alpha value is -1.09. The van der Waals surface area contributed by atoms with E-state index in [4.69, 9.17) is 10.5 Å². The van der Waals surface area contributed by atoms with Gasteiger partial charge >= 0.3 is 0 Å². The number of nitrogens with two attached hydrogens (primary N) is 1. The van der Waals surface area contributed by atoms with Crippen molar-refractivity contribution in [2.24, 2.45) is 5.73 Å². The fourth-order valence-electron chi connectivity index (χ4n) is 1.30. The first kappa shape index (κ1) is 12.0. The fraction of sp³-hybridized carbons (Fsp3) is 0.500. The molecule has 0 aromatic heterocycles. The van der Waals surface area contributed by atoms with Gasteiger partial charge in [-0.2, -0.15) is 0 Å². The second-order valence-electron chi connectivity index (χ2n) is 4.69. The third-order valence-electron chi connectivity index (χ3n) is 1.88. The van der Waals surface area contributed by atoms with Gasteiger partial charge in [-0.15, -0.1) is 0 Å². The Bertz CT molecular complexity index is 342. The second kappa shape index (κ2) is 4.19. The van der Waals surface area contributed by atoms with Gasteiger partial charge in [-0.25, -0.2) is 4.39 Å². The summed E-state index contributed by atoms with van der Waals surface area (Å²) in [5.74, 6) is 0.363. The summed E-state index contributed by atoms with van der Waals surface area (Å²) >= 11 is 0. The molecule has 2 N–H and O–H groups in total. The quantitative estimate of drug-likeness (QED) is 0.816. The van der Waals surface area contributed by atoms with Gasteiger partial charge in [0.25, 0.3) is 0 Å². The van der Waals surface area contributed by atoms with Gasteiger partial charge in [0.1, 0.15) is 17.2 Å². The van der Waals surface area contributed by atoms with Gasteiger partial charge in [0.15, 0.2) is 0 Å². The van der Waals surface area contributed by atoms with Crippen LogP contribution in [0.3, 0.4) is 0 Å². The Morgan fingerprint density at radius 1 is 1.33 bits per heavy atom. The highest BCUT2D eigenvalue weighted by atomic mass is 19.1. The van der Waals surface area contributed by atoms with Crippen LogP contribution in [0.25, 0.3) is 0 Å². The molecule has 0 aliphatic rings. The highest BCUT2D eigenvalue weighted by Gasteiger charge is 2.16. The van der Waals surface area contributed by atoms with Crippen molar-refractivity contribution < 1.29 is 9.13 Å². The number of hydrogen-bond acceptors (Lipinski definition) is 2. The minimum Gasteiger partial charge on any atom is -0.488 e. The lowest BCUT2D eigenvalue weighted by Gasteiger charge is -2.24. The van der Waals surface area contributed by atoms with E-state index in [2.05, 4.69) is 0 Å². The van der Waals surface area contributed by atoms with Gasteiger partial charge in [-0.3, -0.25) is 0 Å². The van der Waals surface area contributed by atoms with Crippen LogP contribution in [0.1, 0.15) is 39.3 Å². The molecule has 2 nitrogen and oxygen atoms in total. The average molecular weight is 211 g/mol. The van der Waals surface area contributed by atoms with Crippen molar-refractivity contribution in [3.8, 4) is 5.75 Å². The third kappa shape index (κ3) is 3.51. The molecule has 0 radical (unpaired) electrons. The smallest absolute Gasteiger partial charge is 0.125 e. The van der Waals surface area contributed by atoms with E-state index in [1.807, 2.05) is 27.7 Å². The average Bonchev–Trinajstić information content (AvgIpc) is 2.05. The molecule has 1 atom stereocenters. The Morgan fingerprint density at radius 3 is 2.40 bits per heavy atom. The number of ether oxygens (including phenoxy) is 1. The van der Waals surface area contributed by atoms with Crippen molar-refractivity contribution in [1.29, 1.82) is 0 Å². The Morgan fingerprint density at radius 2 is 1.93 bits per heavy atom. The van der Waals surface area contributed by atoms with Gasteiger partial charge in [-0.05, 0) is 45.9 Å². The molecule has 1 aromatic rings. The summed E-state index contributed by atoms with van der Waals surface area (Å²) in [7, 11) is 0. The second-order valence-corrected chi connectivity index (χ2v) is 4.69. The van der Waals surface area contributed by atoms with Crippen molar-refractivity contribution in [3.63, 3.8) is 0 Å². The van der Waals surface area contributed by atoms with Crippen molar-refractivity contribution in [1.82, 2.24) is 0 Å². The highest BCUT2D eigenvalue weighted by molar-refractivity contribution is 5.36. The lowest BCUT2D eigenvalue weighted by Crippen LogP contribution is -2.24. The Labute approximate surface area is 90.2 Å². The first-order chi connectivity index (χ1) is 6.79. The van der Waals surface area contributed by atoms with E-state index in [1.165, 1.54) is 12.1 Å². The topological polar surface area (TPSA) is 35.2 Å². The molecule has 1 rings (SSSR count). The standard InChI is InChI=1S/C12H18FNO/c1-8(14)10-7-9(13)5-6-11(10)15-12(2,3)4/h5-8H,14H2,1-4H3/t8-/m1/s1. The molecule has 1 aromatic carbocycles. The Balaban J connectivity index is 3.06. The molecular weight excluding hydrogens is 193 g/mol. The summed E-state index contributed by atoms with van der Waals surface area (Å²) in [5, 5.41) is 0. The van der Waals surface area contributed by atoms with E-state index in [0.29, 0.717) is 11.3 Å². The predicted octanol–water partition coefficient (Wildman–Crippen LogP) is 3.02. The third-order valence-corrected chi connectivity index (χ3v) is 1.88. The summed E-state index contributed by atoms with van der Waals surface area (Å²) in [6.45, 7) is 7.65. The molecule has 0 unspecified atom stereocenters. The molecule has 0 saturated carbocycles. The van der Waals surface area contributed by atoms with Gasteiger partial charge < -0.3 is 10.5 Å². The van der Waals surface area contributed by atoms with Gasteiger partial charge in [0.2, 0.25) is 0 Å². The number of rotatable bonds is 2. The van der Waals surface area contributed by atoms with E-state index >= 15 is 0 Å². The molecular formula is C12H18FNO. The highest BCUT2D eigenvalue weighted by Crippen LogP contribution is 2.27. The molecule has 0 amide bonds. The first-order valence-electron chi connectivity index (χ1n) is 5.03. The minimum absolute atomic E-state index is 0.238. The van der Waals surface area contributed by atoms with Crippen molar-refractivity contribution in [2.45, 2.75) is 39.3 Å². The van der Waals surface area contributed by atoms with Gasteiger partial charge in [0.05, 0.1) is 0 Å². The molecule has 0 saturated heterocycles. The van der Waals surface area contributed by atoms with Crippen LogP contribution in [-0.4, -0.2) is 5.60 Å². The number of halogens is 1. The zero-order valence-electron chi connectivity index (χ0n) is 9.67. The Kier molecular flexibility index (Phi) is 3.35. The van der Waals surface area contributed by atoms with Crippen LogP contribution in [0.15, 0.2) is 18.2 Å². The molecule has 0 spiro atoms. The summed E-state index contributed by atoms with van der Waals surface area (Å²) in [6.07, 6.45) is 0. The van der Waals surface area contributed by atoms with Crippen LogP contribution in [0.4, 0.5) is 4.39 Å². The van der Waals surface area contributed by atoms with Crippen molar-refractivity contribution in [2.75, 3.05) is 0 Å². The molecule has 15 heavy (non-hydrogen) atoms. The zero-order chi connectivity index (χ0) is 11.6. The lowest BCUT2D eigenvalue weighted by atomic mass is 10.1. The maximum absolute atomic E-state index is 13.0. The van der Waals surface area contributed by atoms with E-state index in [-0.39, 0.29) is 17.5 Å². The molecule has 84 valence electrons. The SMILES string of the molecule is C[C@@H](N)c1cc(F)ccc1OC(C)(C)C. The molecule has 3 heteroatoms. The summed E-state index contributed by atoms with van der Waals surface area (Å²) in [5.41, 5.74) is 6.15. The fourth-order valence-corrected chi connectivity index (χ4v) is 1.30. The van der Waals surface area contributed by atoms with Crippen LogP contribution in [0.2, 0.25) is 0 Å². The van der Waals surface area contributed by atoms with E-state index in [0.717, 1.165) is 0 Å². The summed E-state index contributed by atoms with van der Waals surface area (Å²) < 4.78 is 18.7. The van der Waals surface area contributed by atoms with Crippen molar-refractivity contribution in [3.05, 3.63) is 29.6 Å². The number of hydrogen-bond donors (Lipinski definition) is 1. The van der Waals surface area contributed by atoms with Crippen LogP contribution in [0.5, 0.6) is 5.75 Å². The van der Waals surface area contributed by atoms with Gasteiger partial charge in [-0.1, -0.05) is 0 Å². The van der Waals surface area contributed by atoms with Crippen LogP contribution >= 0.6 is 0 Å². The molecule has 0 aliphatic carbocycles. The molecule has 0 bridgehead atoms. The first-order valence-corrected chi connectivity index (χ1v) is 5.03. The summed E-state index contributed by atoms with van der Waals surface area (Å²) in [6, 6.07) is 4.19. The lowest BCUT2D eigenvalue weighted by molar-refractivity contribution is 0.128. The van der Waals surface area contributed by atoms with E-state index in [1.54, 1.807) is 6.07 Å². The molecule has 0 heterocycles. The predicted molar refractivity (Wildman–Crippen MR) is 59.4 cm³/mol. The largest absolute Gasteiger partial charge is 0.488 e. The monoisotopic (exact) mass is 211 g/mol. The molecule has 0 aliphatic heterocycles. The van der Waals surface area contributed by atoms with Crippen LogP contribution in [-0.2, 0) is 0 Å². The van der Waals surface area contributed by atoms with Gasteiger partial charge in [0, 0.05) is 11.6 Å². The number of benzene rings is 1. The normalized spacial score (nSPS) is 13.7. The van der Waals surface area contributed by atoms with Crippen molar-refractivity contribution >= 4 is 0 Å². The molecule has 0 fully saturated rings. The summed E-state index contributed by atoms with van der Waals surface area (Å²) in [4.78, 5) is 0. The van der Waals surface area contributed by atoms with Crippen LogP contribution in [0, 0.1) is 5.82 Å². The minimum atomic E-state index is -0.304. The maximum Gasteiger partial charge on any atom is 0.125 e.